The highest BCUT2D eigenvalue weighted by Crippen LogP contribution is 2.30. The highest BCUT2D eigenvalue weighted by molar-refractivity contribution is 6.31. The van der Waals surface area contributed by atoms with Gasteiger partial charge in [-0.2, -0.15) is 0 Å². The van der Waals surface area contributed by atoms with Gasteiger partial charge in [0.05, 0.1) is 4.92 Å². The Bertz CT molecular complexity index is 400. The molecular weight excluding hydrogens is 244 g/mol. The lowest BCUT2D eigenvalue weighted by atomic mass is 10.2. The zero-order chi connectivity index (χ0) is 12.8. The molecule has 6 nitrogen and oxygen atoms in total. The third-order valence-electron chi connectivity index (χ3n) is 2.40. The zero-order valence-electron chi connectivity index (χ0n) is 9.89. The van der Waals surface area contributed by atoms with Crippen LogP contribution in [0.4, 0.5) is 11.5 Å². The average Bonchev–Trinajstić information content (AvgIpc) is 2.28. The van der Waals surface area contributed by atoms with E-state index in [9.17, 15) is 10.1 Å². The molecule has 0 aliphatic carbocycles. The van der Waals surface area contributed by atoms with Crippen molar-refractivity contribution in [3.05, 3.63) is 21.6 Å². The Morgan fingerprint density at radius 2 is 2.18 bits per heavy atom. The van der Waals surface area contributed by atoms with E-state index in [4.69, 9.17) is 11.6 Å². The summed E-state index contributed by atoms with van der Waals surface area (Å²) < 4.78 is 0. The number of halogens is 1. The molecule has 1 aromatic rings. The Morgan fingerprint density at radius 3 is 2.76 bits per heavy atom. The van der Waals surface area contributed by atoms with Crippen LogP contribution in [0.5, 0.6) is 0 Å². The van der Waals surface area contributed by atoms with Gasteiger partial charge in [0.2, 0.25) is 11.0 Å². The molecule has 0 radical (unpaired) electrons. The molecule has 7 heteroatoms. The molecule has 0 unspecified atom stereocenters. The number of rotatable bonds is 6. The number of unbranched alkanes of at least 4 members (excludes halogenated alkanes) is 2. The topological polar surface area (TPSA) is 72.2 Å². The van der Waals surface area contributed by atoms with Crippen LogP contribution in [0.25, 0.3) is 0 Å². The lowest BCUT2D eigenvalue weighted by Gasteiger charge is -2.17. The fraction of sp³-hybridized carbons (Fsp3) is 0.600. The summed E-state index contributed by atoms with van der Waals surface area (Å²) in [7, 11) is 1.77. The van der Waals surface area contributed by atoms with Gasteiger partial charge in [0, 0.05) is 13.6 Å². The molecule has 94 valence electrons. The second kappa shape index (κ2) is 6.34. The third-order valence-corrected chi connectivity index (χ3v) is 2.68. The summed E-state index contributed by atoms with van der Waals surface area (Å²) in [6, 6.07) is 0. The van der Waals surface area contributed by atoms with Gasteiger partial charge in [-0.25, -0.2) is 9.97 Å². The molecule has 1 aromatic heterocycles. The number of aromatic nitrogens is 2. The SMILES string of the molecule is CCCCCN(C)c1ncnc(Cl)c1[N+](=O)[O-]. The summed E-state index contributed by atoms with van der Waals surface area (Å²) in [5.74, 6) is 0.270. The molecule has 0 aromatic carbocycles. The summed E-state index contributed by atoms with van der Waals surface area (Å²) in [5, 5.41) is 10.8. The van der Waals surface area contributed by atoms with E-state index in [1.165, 1.54) is 6.33 Å². The van der Waals surface area contributed by atoms with E-state index < -0.39 is 4.92 Å². The largest absolute Gasteiger partial charge is 0.354 e. The van der Waals surface area contributed by atoms with E-state index in [0.29, 0.717) is 6.54 Å². The van der Waals surface area contributed by atoms with Crippen LogP contribution in [-0.4, -0.2) is 28.5 Å². The van der Waals surface area contributed by atoms with Gasteiger partial charge in [0.15, 0.2) is 0 Å². The molecule has 0 atom stereocenters. The van der Waals surface area contributed by atoms with E-state index in [0.717, 1.165) is 19.3 Å². The number of hydrogen-bond donors (Lipinski definition) is 0. The molecule has 0 bridgehead atoms. The molecular formula is C10H15ClN4O2. The van der Waals surface area contributed by atoms with Crippen LogP contribution in [0.15, 0.2) is 6.33 Å². The summed E-state index contributed by atoms with van der Waals surface area (Å²) in [6.07, 6.45) is 4.38. The molecule has 1 rings (SSSR count). The molecule has 0 N–H and O–H groups in total. The predicted molar refractivity (Wildman–Crippen MR) is 66.5 cm³/mol. The van der Waals surface area contributed by atoms with Crippen LogP contribution in [0.3, 0.4) is 0 Å². The van der Waals surface area contributed by atoms with Crippen molar-refractivity contribution in [1.29, 1.82) is 0 Å². The summed E-state index contributed by atoms with van der Waals surface area (Å²) in [6.45, 7) is 2.81. The second-order valence-electron chi connectivity index (χ2n) is 3.72. The van der Waals surface area contributed by atoms with Crippen molar-refractivity contribution in [2.75, 3.05) is 18.5 Å². The Kier molecular flexibility index (Phi) is 5.09. The first-order valence-electron chi connectivity index (χ1n) is 5.44. The van der Waals surface area contributed by atoms with Crippen molar-refractivity contribution in [1.82, 2.24) is 9.97 Å². The van der Waals surface area contributed by atoms with Gasteiger partial charge in [0.25, 0.3) is 0 Å². The van der Waals surface area contributed by atoms with Crippen LogP contribution in [-0.2, 0) is 0 Å². The Balaban J connectivity index is 2.89. The summed E-state index contributed by atoms with van der Waals surface area (Å²) in [4.78, 5) is 19.6. The monoisotopic (exact) mass is 258 g/mol. The predicted octanol–water partition coefficient (Wildman–Crippen LogP) is 2.66. The van der Waals surface area contributed by atoms with Crippen molar-refractivity contribution in [2.45, 2.75) is 26.2 Å². The van der Waals surface area contributed by atoms with E-state index >= 15 is 0 Å². The van der Waals surface area contributed by atoms with Crippen LogP contribution >= 0.6 is 11.6 Å². The Morgan fingerprint density at radius 1 is 1.47 bits per heavy atom. The summed E-state index contributed by atoms with van der Waals surface area (Å²) in [5.41, 5.74) is -0.229. The van der Waals surface area contributed by atoms with E-state index in [1.807, 2.05) is 0 Å². The normalized spacial score (nSPS) is 10.3. The van der Waals surface area contributed by atoms with Crippen LogP contribution in [0.2, 0.25) is 5.15 Å². The molecule has 0 saturated heterocycles. The zero-order valence-corrected chi connectivity index (χ0v) is 10.6. The van der Waals surface area contributed by atoms with Gasteiger partial charge in [-0.05, 0) is 6.42 Å². The maximum atomic E-state index is 10.9. The maximum absolute atomic E-state index is 10.9. The molecule has 17 heavy (non-hydrogen) atoms. The van der Waals surface area contributed by atoms with E-state index in [2.05, 4.69) is 16.9 Å². The minimum Gasteiger partial charge on any atom is -0.354 e. The molecule has 0 amide bonds. The summed E-state index contributed by atoms with van der Waals surface area (Å²) >= 11 is 5.71. The number of hydrogen-bond acceptors (Lipinski definition) is 5. The third kappa shape index (κ3) is 3.52. The first-order chi connectivity index (χ1) is 8.07. The number of anilines is 1. The van der Waals surface area contributed by atoms with Gasteiger partial charge in [-0.3, -0.25) is 10.1 Å². The first-order valence-corrected chi connectivity index (χ1v) is 5.81. The second-order valence-corrected chi connectivity index (χ2v) is 4.08. The van der Waals surface area contributed by atoms with Crippen LogP contribution in [0, 0.1) is 10.1 Å². The van der Waals surface area contributed by atoms with E-state index in [1.54, 1.807) is 11.9 Å². The van der Waals surface area contributed by atoms with Crippen molar-refractivity contribution >= 4 is 23.1 Å². The number of nitrogens with zero attached hydrogens (tertiary/aromatic N) is 4. The van der Waals surface area contributed by atoms with Gasteiger partial charge in [0.1, 0.15) is 6.33 Å². The van der Waals surface area contributed by atoms with E-state index in [-0.39, 0.29) is 16.7 Å². The number of nitro groups is 1. The Hall–Kier alpha value is -1.43. The van der Waals surface area contributed by atoms with Gasteiger partial charge in [-0.1, -0.05) is 31.4 Å². The minimum atomic E-state index is -0.548. The molecule has 1 heterocycles. The van der Waals surface area contributed by atoms with Crippen LogP contribution < -0.4 is 4.90 Å². The molecule has 0 fully saturated rings. The highest BCUT2D eigenvalue weighted by Gasteiger charge is 2.23. The first kappa shape index (κ1) is 13.6. The molecule has 0 aliphatic heterocycles. The molecule has 0 saturated carbocycles. The van der Waals surface area contributed by atoms with Gasteiger partial charge in [-0.15, -0.1) is 0 Å². The lowest BCUT2D eigenvalue weighted by Crippen LogP contribution is -2.21. The maximum Gasteiger partial charge on any atom is 0.348 e. The van der Waals surface area contributed by atoms with Crippen molar-refractivity contribution in [2.24, 2.45) is 0 Å². The molecule has 0 spiro atoms. The smallest absolute Gasteiger partial charge is 0.348 e. The lowest BCUT2D eigenvalue weighted by molar-refractivity contribution is -0.384. The van der Waals surface area contributed by atoms with Crippen molar-refractivity contribution in [3.8, 4) is 0 Å². The fourth-order valence-electron chi connectivity index (χ4n) is 1.49. The molecule has 0 aliphatic rings. The van der Waals surface area contributed by atoms with Crippen molar-refractivity contribution < 1.29 is 4.92 Å². The quantitative estimate of drug-likeness (QED) is 0.339. The van der Waals surface area contributed by atoms with Crippen LogP contribution in [0.1, 0.15) is 26.2 Å². The van der Waals surface area contributed by atoms with Gasteiger partial charge >= 0.3 is 5.69 Å². The van der Waals surface area contributed by atoms with Gasteiger partial charge < -0.3 is 4.90 Å². The van der Waals surface area contributed by atoms with Crippen molar-refractivity contribution in [3.63, 3.8) is 0 Å². The highest BCUT2D eigenvalue weighted by atomic mass is 35.5. The minimum absolute atomic E-state index is 0.123. The average molecular weight is 259 g/mol. The standard InChI is InChI=1S/C10H15ClN4O2/c1-3-4-5-6-14(2)10-8(15(16)17)9(11)12-7-13-10/h7H,3-6H2,1-2H3. The Labute approximate surface area is 105 Å². The fourth-order valence-corrected chi connectivity index (χ4v) is 1.69.